The third-order valence-corrected chi connectivity index (χ3v) is 2.30. The van der Waals surface area contributed by atoms with Gasteiger partial charge in [-0.3, -0.25) is 15.6 Å². The monoisotopic (exact) mass is 267 g/mol. The van der Waals surface area contributed by atoms with Crippen molar-refractivity contribution in [1.82, 2.24) is 16.2 Å². The number of hydrogen-bond acceptors (Lipinski definition) is 3. The summed E-state index contributed by atoms with van der Waals surface area (Å²) < 4.78 is 5.29. The Labute approximate surface area is 112 Å². The van der Waals surface area contributed by atoms with Crippen LogP contribution in [0.3, 0.4) is 0 Å². The van der Waals surface area contributed by atoms with Gasteiger partial charge in [-0.1, -0.05) is 0 Å². The van der Waals surface area contributed by atoms with Crippen LogP contribution in [-0.2, 0) is 0 Å². The minimum Gasteiger partial charge on any atom is -0.494 e. The Morgan fingerprint density at radius 3 is 2.44 bits per heavy atom. The number of hydrazine groups is 1. The van der Waals surface area contributed by atoms with Crippen LogP contribution in [0.5, 0.6) is 5.75 Å². The molecule has 6 heteroatoms. The molecule has 5 nitrogen and oxygen atoms in total. The van der Waals surface area contributed by atoms with E-state index in [9.17, 15) is 4.79 Å². The summed E-state index contributed by atoms with van der Waals surface area (Å²) in [5.41, 5.74) is 5.65. The molecule has 0 aliphatic rings. The second-order valence-electron chi connectivity index (χ2n) is 3.40. The Morgan fingerprint density at radius 1 is 1.22 bits per heavy atom. The molecule has 0 atom stereocenters. The van der Waals surface area contributed by atoms with Gasteiger partial charge in [0, 0.05) is 12.1 Å². The highest BCUT2D eigenvalue weighted by molar-refractivity contribution is 7.80. The van der Waals surface area contributed by atoms with Crippen LogP contribution in [0.25, 0.3) is 0 Å². The quantitative estimate of drug-likeness (QED) is 0.565. The van der Waals surface area contributed by atoms with Gasteiger partial charge in [-0.15, -0.1) is 0 Å². The van der Waals surface area contributed by atoms with Crippen molar-refractivity contribution in [3.8, 4) is 5.75 Å². The molecule has 0 aromatic heterocycles. The maximum atomic E-state index is 11.7. The summed E-state index contributed by atoms with van der Waals surface area (Å²) in [6, 6.07) is 6.89. The summed E-state index contributed by atoms with van der Waals surface area (Å²) in [5.74, 6) is 0.489. The lowest BCUT2D eigenvalue weighted by atomic mass is 10.2. The average Bonchev–Trinajstić information content (AvgIpc) is 2.37. The van der Waals surface area contributed by atoms with Crippen LogP contribution >= 0.6 is 12.2 Å². The number of carbonyl (C=O) groups excluding carboxylic acids is 1. The van der Waals surface area contributed by atoms with E-state index in [0.29, 0.717) is 23.8 Å². The molecule has 0 spiro atoms. The van der Waals surface area contributed by atoms with Gasteiger partial charge < -0.3 is 10.1 Å². The summed E-state index contributed by atoms with van der Waals surface area (Å²) in [5, 5.41) is 3.25. The van der Waals surface area contributed by atoms with E-state index in [-0.39, 0.29) is 5.91 Å². The van der Waals surface area contributed by atoms with Gasteiger partial charge in [-0.25, -0.2) is 0 Å². The fourth-order valence-electron chi connectivity index (χ4n) is 1.26. The number of rotatable bonds is 4. The molecule has 0 bridgehead atoms. The zero-order valence-corrected chi connectivity index (χ0v) is 11.3. The summed E-state index contributed by atoms with van der Waals surface area (Å²) in [6.07, 6.45) is 0. The first-order chi connectivity index (χ1) is 8.67. The Hall–Kier alpha value is -1.82. The fraction of sp³-hybridized carbons (Fsp3) is 0.333. The van der Waals surface area contributed by atoms with Gasteiger partial charge in [0.15, 0.2) is 5.11 Å². The molecule has 0 saturated carbocycles. The van der Waals surface area contributed by atoms with Gasteiger partial charge in [0.25, 0.3) is 5.91 Å². The molecule has 1 aromatic rings. The van der Waals surface area contributed by atoms with Crippen molar-refractivity contribution in [1.29, 1.82) is 0 Å². The lowest BCUT2D eigenvalue weighted by molar-refractivity contribution is 0.0943. The van der Waals surface area contributed by atoms with Gasteiger partial charge in [0.1, 0.15) is 5.75 Å². The van der Waals surface area contributed by atoms with Crippen molar-refractivity contribution in [3.05, 3.63) is 29.8 Å². The standard InChI is InChI=1S/C12H17N3O2S/c1-3-13-12(18)15-14-11(16)9-5-7-10(8-6-9)17-4-2/h5-8H,3-4H2,1-2H3,(H,14,16)(H2,13,15,18). The largest absolute Gasteiger partial charge is 0.494 e. The van der Waals surface area contributed by atoms with E-state index >= 15 is 0 Å². The average molecular weight is 267 g/mol. The Morgan fingerprint density at radius 2 is 1.89 bits per heavy atom. The predicted molar refractivity (Wildman–Crippen MR) is 74.5 cm³/mol. The van der Waals surface area contributed by atoms with E-state index in [1.165, 1.54) is 0 Å². The van der Waals surface area contributed by atoms with E-state index in [4.69, 9.17) is 17.0 Å². The van der Waals surface area contributed by atoms with Crippen molar-refractivity contribution in [2.45, 2.75) is 13.8 Å². The molecule has 0 saturated heterocycles. The topological polar surface area (TPSA) is 62.4 Å². The number of benzene rings is 1. The number of ether oxygens (including phenoxy) is 1. The van der Waals surface area contributed by atoms with Crippen molar-refractivity contribution in [2.24, 2.45) is 0 Å². The lowest BCUT2D eigenvalue weighted by Gasteiger charge is -2.10. The highest BCUT2D eigenvalue weighted by atomic mass is 32.1. The van der Waals surface area contributed by atoms with Crippen molar-refractivity contribution >= 4 is 23.2 Å². The summed E-state index contributed by atoms with van der Waals surface area (Å²) in [4.78, 5) is 11.7. The number of nitrogens with one attached hydrogen (secondary N) is 3. The Kier molecular flexibility index (Phi) is 5.93. The first kappa shape index (κ1) is 14.2. The van der Waals surface area contributed by atoms with Gasteiger partial charge in [0.05, 0.1) is 6.61 Å². The Balaban J connectivity index is 2.48. The predicted octanol–water partition coefficient (Wildman–Crippen LogP) is 1.21. The number of thiocarbonyl (C=S) groups is 1. The minimum absolute atomic E-state index is 0.252. The normalized spacial score (nSPS) is 9.44. The van der Waals surface area contributed by atoms with Crippen LogP contribution in [0.4, 0.5) is 0 Å². The van der Waals surface area contributed by atoms with E-state index in [0.717, 1.165) is 5.75 Å². The molecule has 0 aliphatic heterocycles. The second kappa shape index (κ2) is 7.50. The minimum atomic E-state index is -0.252. The van der Waals surface area contributed by atoms with E-state index in [2.05, 4.69) is 16.2 Å². The van der Waals surface area contributed by atoms with Gasteiger partial charge in [0.2, 0.25) is 0 Å². The molecule has 3 N–H and O–H groups in total. The van der Waals surface area contributed by atoms with Crippen molar-refractivity contribution in [2.75, 3.05) is 13.2 Å². The molecule has 0 radical (unpaired) electrons. The van der Waals surface area contributed by atoms with Crippen LogP contribution in [0.2, 0.25) is 0 Å². The zero-order valence-electron chi connectivity index (χ0n) is 10.4. The summed E-state index contributed by atoms with van der Waals surface area (Å²) in [6.45, 7) is 5.13. The molecule has 1 aromatic carbocycles. The maximum absolute atomic E-state index is 11.7. The first-order valence-electron chi connectivity index (χ1n) is 5.74. The van der Waals surface area contributed by atoms with Gasteiger partial charge >= 0.3 is 0 Å². The SMILES string of the molecule is CCNC(=S)NNC(=O)c1ccc(OCC)cc1. The third kappa shape index (κ3) is 4.58. The van der Waals surface area contributed by atoms with Crippen LogP contribution in [0, 0.1) is 0 Å². The van der Waals surface area contributed by atoms with Crippen molar-refractivity contribution < 1.29 is 9.53 Å². The van der Waals surface area contributed by atoms with Crippen molar-refractivity contribution in [3.63, 3.8) is 0 Å². The summed E-state index contributed by atoms with van der Waals surface area (Å²) in [7, 11) is 0. The lowest BCUT2D eigenvalue weighted by Crippen LogP contribution is -2.46. The molecule has 0 unspecified atom stereocenters. The third-order valence-electron chi connectivity index (χ3n) is 2.05. The van der Waals surface area contributed by atoms with Crippen LogP contribution in [0.1, 0.15) is 24.2 Å². The number of carbonyl (C=O) groups is 1. The smallest absolute Gasteiger partial charge is 0.269 e. The molecule has 0 heterocycles. The Bertz CT molecular complexity index is 406. The van der Waals surface area contributed by atoms with Gasteiger partial charge in [-0.05, 0) is 50.3 Å². The second-order valence-corrected chi connectivity index (χ2v) is 3.80. The molecule has 1 amide bonds. The highest BCUT2D eigenvalue weighted by Gasteiger charge is 2.05. The van der Waals surface area contributed by atoms with Gasteiger partial charge in [-0.2, -0.15) is 0 Å². The molecule has 1 rings (SSSR count). The van der Waals surface area contributed by atoms with Crippen LogP contribution in [0.15, 0.2) is 24.3 Å². The zero-order chi connectivity index (χ0) is 13.4. The van der Waals surface area contributed by atoms with Crippen LogP contribution in [-0.4, -0.2) is 24.2 Å². The molecule has 18 heavy (non-hydrogen) atoms. The molecular weight excluding hydrogens is 250 g/mol. The highest BCUT2D eigenvalue weighted by Crippen LogP contribution is 2.11. The molecule has 0 aliphatic carbocycles. The first-order valence-corrected chi connectivity index (χ1v) is 6.15. The fourth-order valence-corrected chi connectivity index (χ4v) is 1.46. The summed E-state index contributed by atoms with van der Waals surface area (Å²) >= 11 is 4.92. The van der Waals surface area contributed by atoms with Crippen LogP contribution < -0.4 is 20.9 Å². The number of hydrogen-bond donors (Lipinski definition) is 3. The molecule has 98 valence electrons. The molecular formula is C12H17N3O2S. The molecule has 0 fully saturated rings. The van der Waals surface area contributed by atoms with E-state index in [1.54, 1.807) is 24.3 Å². The van der Waals surface area contributed by atoms with E-state index < -0.39 is 0 Å². The number of amides is 1. The van der Waals surface area contributed by atoms with E-state index in [1.807, 2.05) is 13.8 Å². The maximum Gasteiger partial charge on any atom is 0.269 e.